The molecule has 4 rings (SSSR count). The molecule has 0 amide bonds. The summed E-state index contributed by atoms with van der Waals surface area (Å²) in [6.45, 7) is 0.233. The summed E-state index contributed by atoms with van der Waals surface area (Å²) >= 11 is 1.44. The van der Waals surface area contributed by atoms with Gasteiger partial charge in [0.15, 0.2) is 11.6 Å². The van der Waals surface area contributed by atoms with Gasteiger partial charge in [0.1, 0.15) is 4.83 Å². The second kappa shape index (κ2) is 7.30. The monoisotopic (exact) mass is 379 g/mol. The van der Waals surface area contributed by atoms with E-state index < -0.39 is 17.6 Å². The van der Waals surface area contributed by atoms with E-state index in [4.69, 9.17) is 10.8 Å². The summed E-state index contributed by atoms with van der Waals surface area (Å²) in [7, 11) is 0. The Kier molecular flexibility index (Phi) is 5.10. The van der Waals surface area contributed by atoms with Gasteiger partial charge in [0.25, 0.3) is 5.56 Å². The molecular weight excluding hydrogens is 364 g/mol. The van der Waals surface area contributed by atoms with Gasteiger partial charge < -0.3 is 15.8 Å². The van der Waals surface area contributed by atoms with Gasteiger partial charge in [-0.3, -0.25) is 4.79 Å². The number of halogens is 2. The summed E-state index contributed by atoms with van der Waals surface area (Å²) in [5.41, 5.74) is 6.51. The van der Waals surface area contributed by atoms with Crippen molar-refractivity contribution in [1.82, 2.24) is 9.97 Å². The number of aryl methyl sites for hydroxylation is 2. The number of nitrogens with zero attached hydrogens (tertiary/aromatic N) is 1. The lowest BCUT2D eigenvalue weighted by Gasteiger charge is -1.95. The second-order valence-corrected chi connectivity index (χ2v) is 6.79. The molecule has 26 heavy (non-hydrogen) atoms. The summed E-state index contributed by atoms with van der Waals surface area (Å²) in [6, 6.07) is 3.62. The fraction of sp³-hybridized carbons (Fsp3) is 0.235. The molecule has 2 aromatic heterocycles. The van der Waals surface area contributed by atoms with Gasteiger partial charge >= 0.3 is 5.97 Å². The number of aromatic carboxylic acids is 1. The molecule has 1 aromatic carbocycles. The Morgan fingerprint density at radius 3 is 2.73 bits per heavy atom. The van der Waals surface area contributed by atoms with Gasteiger partial charge in [0, 0.05) is 11.4 Å². The number of carboxylic acid groups (broad SMARTS) is 1. The smallest absolute Gasteiger partial charge is 0.372 e. The standard InChI is InChI=1S/C10H8N2O3S.C7H7F2N/c13-8-6-4-2-1-3-5(4)16-9(6)12-7(11-8)10(14)15;8-6-2-1-5(4-10)3-7(6)9/h1-3H2,(H,14,15)(H,11,12,13);1-3H,4,10H2. The minimum absolute atomic E-state index is 0.233. The zero-order valence-corrected chi connectivity index (χ0v) is 14.3. The molecule has 0 bridgehead atoms. The van der Waals surface area contributed by atoms with E-state index >= 15 is 0 Å². The van der Waals surface area contributed by atoms with Crippen LogP contribution in [0.4, 0.5) is 8.78 Å². The van der Waals surface area contributed by atoms with Crippen LogP contribution in [-0.4, -0.2) is 21.0 Å². The van der Waals surface area contributed by atoms with Crippen LogP contribution in [0.5, 0.6) is 0 Å². The van der Waals surface area contributed by atoms with Crippen LogP contribution in [0.2, 0.25) is 0 Å². The predicted octanol–water partition coefficient (Wildman–Crippen LogP) is 2.60. The lowest BCUT2D eigenvalue weighted by Crippen LogP contribution is -2.15. The summed E-state index contributed by atoms with van der Waals surface area (Å²) in [6.07, 6.45) is 2.93. The lowest BCUT2D eigenvalue weighted by molar-refractivity contribution is 0.0683. The molecule has 0 saturated heterocycles. The maximum absolute atomic E-state index is 12.3. The zero-order valence-electron chi connectivity index (χ0n) is 13.5. The predicted molar refractivity (Wildman–Crippen MR) is 93.5 cm³/mol. The summed E-state index contributed by atoms with van der Waals surface area (Å²) < 4.78 is 24.6. The van der Waals surface area contributed by atoms with Gasteiger partial charge in [-0.15, -0.1) is 11.3 Å². The molecule has 3 aromatic rings. The van der Waals surface area contributed by atoms with E-state index in [1.165, 1.54) is 22.3 Å². The first-order valence-corrected chi connectivity index (χ1v) is 8.64. The molecule has 0 spiro atoms. The van der Waals surface area contributed by atoms with Gasteiger partial charge in [-0.2, -0.15) is 0 Å². The highest BCUT2D eigenvalue weighted by molar-refractivity contribution is 7.18. The van der Waals surface area contributed by atoms with Crippen LogP contribution in [0.15, 0.2) is 23.0 Å². The highest BCUT2D eigenvalue weighted by atomic mass is 32.1. The number of hydrogen-bond acceptors (Lipinski definition) is 5. The minimum Gasteiger partial charge on any atom is -0.475 e. The third kappa shape index (κ3) is 3.49. The maximum Gasteiger partial charge on any atom is 0.372 e. The molecule has 4 N–H and O–H groups in total. The molecule has 1 aliphatic rings. The van der Waals surface area contributed by atoms with E-state index in [1.54, 1.807) is 0 Å². The largest absolute Gasteiger partial charge is 0.475 e. The summed E-state index contributed by atoms with van der Waals surface area (Å²) in [4.78, 5) is 30.5. The van der Waals surface area contributed by atoms with Gasteiger partial charge in [0.2, 0.25) is 5.82 Å². The van der Waals surface area contributed by atoms with Crippen molar-refractivity contribution in [2.75, 3.05) is 0 Å². The molecule has 0 fully saturated rings. The molecular formula is C17H15F2N3O3S. The number of thiophene rings is 1. The molecule has 0 unspecified atom stereocenters. The Balaban J connectivity index is 0.000000170. The second-order valence-electron chi connectivity index (χ2n) is 5.71. The molecule has 0 saturated carbocycles. The normalized spacial score (nSPS) is 12.6. The number of fused-ring (bicyclic) bond motifs is 3. The SMILES string of the molecule is NCc1ccc(F)c(F)c1.O=C(O)c1nc2sc3c(c2c(=O)[nH]1)CCC3. The van der Waals surface area contributed by atoms with Crippen LogP contribution in [0.1, 0.15) is 33.0 Å². The Labute approximate surface area is 150 Å². The quantitative estimate of drug-likeness (QED) is 0.634. The van der Waals surface area contributed by atoms with Crippen LogP contribution in [-0.2, 0) is 19.4 Å². The van der Waals surface area contributed by atoms with E-state index in [-0.39, 0.29) is 17.9 Å². The fourth-order valence-corrected chi connectivity index (χ4v) is 4.03. The van der Waals surface area contributed by atoms with Crippen molar-refractivity contribution in [1.29, 1.82) is 0 Å². The molecule has 0 radical (unpaired) electrons. The van der Waals surface area contributed by atoms with Crippen LogP contribution in [0.25, 0.3) is 10.2 Å². The Morgan fingerprint density at radius 2 is 2.08 bits per heavy atom. The van der Waals surface area contributed by atoms with Crippen molar-refractivity contribution in [3.63, 3.8) is 0 Å². The number of rotatable bonds is 2. The third-order valence-electron chi connectivity index (χ3n) is 4.00. The van der Waals surface area contributed by atoms with Crippen molar-refractivity contribution in [3.8, 4) is 0 Å². The number of aromatic nitrogens is 2. The third-order valence-corrected chi connectivity index (χ3v) is 5.18. The molecule has 136 valence electrons. The lowest BCUT2D eigenvalue weighted by atomic mass is 10.2. The average molecular weight is 379 g/mol. The first-order chi connectivity index (χ1) is 12.4. The van der Waals surface area contributed by atoms with Gasteiger partial charge in [-0.05, 0) is 42.5 Å². The van der Waals surface area contributed by atoms with Gasteiger partial charge in [-0.25, -0.2) is 18.6 Å². The number of H-pyrrole nitrogens is 1. The first-order valence-electron chi connectivity index (χ1n) is 7.82. The van der Waals surface area contributed by atoms with Crippen LogP contribution < -0.4 is 11.3 Å². The average Bonchev–Trinajstić information content (AvgIpc) is 3.18. The maximum atomic E-state index is 12.3. The number of aromatic amines is 1. The summed E-state index contributed by atoms with van der Waals surface area (Å²) in [5, 5.41) is 9.37. The van der Waals surface area contributed by atoms with E-state index in [2.05, 4.69) is 9.97 Å². The number of benzene rings is 1. The van der Waals surface area contributed by atoms with Crippen molar-refractivity contribution in [3.05, 3.63) is 62.0 Å². The Morgan fingerprint density at radius 1 is 1.31 bits per heavy atom. The molecule has 6 nitrogen and oxygen atoms in total. The van der Waals surface area contributed by atoms with Crippen molar-refractivity contribution < 1.29 is 18.7 Å². The molecule has 0 atom stereocenters. The number of carbonyl (C=O) groups is 1. The highest BCUT2D eigenvalue weighted by Crippen LogP contribution is 2.34. The van der Waals surface area contributed by atoms with Crippen molar-refractivity contribution in [2.24, 2.45) is 5.73 Å². The van der Waals surface area contributed by atoms with E-state index in [0.29, 0.717) is 15.8 Å². The molecule has 0 aliphatic heterocycles. The van der Waals surface area contributed by atoms with Crippen molar-refractivity contribution in [2.45, 2.75) is 25.8 Å². The Hall–Kier alpha value is -2.65. The highest BCUT2D eigenvalue weighted by Gasteiger charge is 2.22. The van der Waals surface area contributed by atoms with E-state index in [0.717, 1.165) is 37.0 Å². The van der Waals surface area contributed by atoms with Crippen molar-refractivity contribution >= 4 is 27.5 Å². The number of nitrogens with one attached hydrogen (secondary N) is 1. The minimum atomic E-state index is -1.20. The van der Waals surface area contributed by atoms with Gasteiger partial charge in [-0.1, -0.05) is 6.07 Å². The van der Waals surface area contributed by atoms with E-state index in [1.807, 2.05) is 0 Å². The van der Waals surface area contributed by atoms with E-state index in [9.17, 15) is 18.4 Å². The number of carboxylic acids is 1. The van der Waals surface area contributed by atoms with Crippen LogP contribution >= 0.6 is 11.3 Å². The molecule has 1 aliphatic carbocycles. The van der Waals surface area contributed by atoms with Gasteiger partial charge in [0.05, 0.1) is 5.39 Å². The fourth-order valence-electron chi connectivity index (χ4n) is 2.77. The number of nitrogens with two attached hydrogens (primary N) is 1. The zero-order chi connectivity index (χ0) is 18.8. The molecule has 2 heterocycles. The van der Waals surface area contributed by atoms with Crippen LogP contribution in [0.3, 0.4) is 0 Å². The van der Waals surface area contributed by atoms with Crippen LogP contribution in [0, 0.1) is 11.6 Å². The number of hydrogen-bond donors (Lipinski definition) is 3. The summed E-state index contributed by atoms with van der Waals surface area (Å²) in [5.74, 6) is -3.16. The molecule has 9 heteroatoms. The Bertz CT molecular complexity index is 1050. The first kappa shape index (κ1) is 18.2. The topological polar surface area (TPSA) is 109 Å².